The number of halogens is 1. The molecule has 1 fully saturated rings. The molecule has 0 bridgehead atoms. The Morgan fingerprint density at radius 3 is 2.71 bits per heavy atom. The van der Waals surface area contributed by atoms with Crippen LogP contribution in [0.25, 0.3) is 0 Å². The molecule has 21 heavy (non-hydrogen) atoms. The fourth-order valence-electron chi connectivity index (χ4n) is 2.47. The second-order valence-electron chi connectivity index (χ2n) is 5.13. The molecule has 2 amide bonds. The SMILES string of the molecule is C[C@H]1C(=O)N(Cc2ccccc2Cl)CC(=O)N1CCCO. The highest BCUT2D eigenvalue weighted by molar-refractivity contribution is 6.31. The zero-order valence-electron chi connectivity index (χ0n) is 12.0. The molecule has 0 radical (unpaired) electrons. The fourth-order valence-corrected chi connectivity index (χ4v) is 2.67. The van der Waals surface area contributed by atoms with Crippen molar-refractivity contribution in [1.82, 2.24) is 9.80 Å². The first-order valence-corrected chi connectivity index (χ1v) is 7.35. The predicted octanol–water partition coefficient (Wildman–Crippen LogP) is 1.28. The van der Waals surface area contributed by atoms with Crippen LogP contribution in [0.5, 0.6) is 0 Å². The molecule has 0 spiro atoms. The first kappa shape index (κ1) is 15.8. The first-order chi connectivity index (χ1) is 10.0. The average molecular weight is 311 g/mol. The Bertz CT molecular complexity index is 535. The van der Waals surface area contributed by atoms with E-state index in [1.807, 2.05) is 18.2 Å². The summed E-state index contributed by atoms with van der Waals surface area (Å²) >= 11 is 6.10. The third-order valence-electron chi connectivity index (χ3n) is 3.66. The Balaban J connectivity index is 2.09. The van der Waals surface area contributed by atoms with E-state index >= 15 is 0 Å². The molecule has 2 rings (SSSR count). The Hall–Kier alpha value is -1.59. The molecule has 1 aliphatic rings. The maximum Gasteiger partial charge on any atom is 0.245 e. The van der Waals surface area contributed by atoms with Crippen LogP contribution < -0.4 is 0 Å². The van der Waals surface area contributed by atoms with Gasteiger partial charge in [0.15, 0.2) is 0 Å². The number of hydrogen-bond acceptors (Lipinski definition) is 3. The zero-order chi connectivity index (χ0) is 15.4. The Kier molecular flexibility index (Phi) is 5.20. The number of aliphatic hydroxyl groups is 1. The maximum atomic E-state index is 12.4. The summed E-state index contributed by atoms with van der Waals surface area (Å²) in [5.41, 5.74) is 0.830. The van der Waals surface area contributed by atoms with Crippen LogP contribution in [0.2, 0.25) is 5.02 Å². The lowest BCUT2D eigenvalue weighted by atomic mass is 10.1. The minimum absolute atomic E-state index is 0.00796. The zero-order valence-corrected chi connectivity index (χ0v) is 12.7. The van der Waals surface area contributed by atoms with Crippen molar-refractivity contribution in [1.29, 1.82) is 0 Å². The van der Waals surface area contributed by atoms with Crippen LogP contribution in [0.1, 0.15) is 18.9 Å². The van der Waals surface area contributed by atoms with Gasteiger partial charge in [0.05, 0.1) is 0 Å². The molecule has 0 unspecified atom stereocenters. The van der Waals surface area contributed by atoms with Crippen molar-refractivity contribution in [2.45, 2.75) is 25.9 Å². The number of carbonyl (C=O) groups is 2. The van der Waals surface area contributed by atoms with E-state index in [2.05, 4.69) is 0 Å². The van der Waals surface area contributed by atoms with Gasteiger partial charge in [-0.05, 0) is 25.0 Å². The van der Waals surface area contributed by atoms with Gasteiger partial charge in [-0.15, -0.1) is 0 Å². The van der Waals surface area contributed by atoms with Gasteiger partial charge < -0.3 is 14.9 Å². The highest BCUT2D eigenvalue weighted by atomic mass is 35.5. The Morgan fingerprint density at radius 2 is 2.05 bits per heavy atom. The minimum atomic E-state index is -0.500. The summed E-state index contributed by atoms with van der Waals surface area (Å²) in [6.45, 7) is 2.52. The molecule has 6 heteroatoms. The second kappa shape index (κ2) is 6.91. The first-order valence-electron chi connectivity index (χ1n) is 6.97. The molecule has 1 atom stereocenters. The van der Waals surface area contributed by atoms with E-state index < -0.39 is 6.04 Å². The van der Waals surface area contributed by atoms with Gasteiger partial charge in [-0.25, -0.2) is 0 Å². The molecule has 0 aromatic heterocycles. The minimum Gasteiger partial charge on any atom is -0.396 e. The number of aliphatic hydroxyl groups excluding tert-OH is 1. The summed E-state index contributed by atoms with van der Waals surface area (Å²) in [7, 11) is 0. The van der Waals surface area contributed by atoms with E-state index in [0.717, 1.165) is 5.56 Å². The van der Waals surface area contributed by atoms with E-state index in [0.29, 0.717) is 24.5 Å². The van der Waals surface area contributed by atoms with E-state index in [-0.39, 0.29) is 25.0 Å². The van der Waals surface area contributed by atoms with Crippen molar-refractivity contribution in [3.05, 3.63) is 34.9 Å². The van der Waals surface area contributed by atoms with Crippen molar-refractivity contribution >= 4 is 23.4 Å². The van der Waals surface area contributed by atoms with Crippen LogP contribution in [0.4, 0.5) is 0 Å². The van der Waals surface area contributed by atoms with Gasteiger partial charge in [-0.3, -0.25) is 9.59 Å². The lowest BCUT2D eigenvalue weighted by Crippen LogP contribution is -2.58. The van der Waals surface area contributed by atoms with Crippen molar-refractivity contribution in [3.8, 4) is 0 Å². The number of piperazine rings is 1. The Morgan fingerprint density at radius 1 is 1.33 bits per heavy atom. The number of carbonyl (C=O) groups excluding carboxylic acids is 2. The van der Waals surface area contributed by atoms with E-state index in [9.17, 15) is 9.59 Å². The maximum absolute atomic E-state index is 12.4. The number of hydrogen-bond donors (Lipinski definition) is 1. The van der Waals surface area contributed by atoms with Crippen molar-refractivity contribution < 1.29 is 14.7 Å². The highest BCUT2D eigenvalue weighted by Gasteiger charge is 2.36. The molecule has 1 N–H and O–H groups in total. The lowest BCUT2D eigenvalue weighted by molar-refractivity contribution is -0.155. The summed E-state index contributed by atoms with van der Waals surface area (Å²) in [5, 5.41) is 9.46. The van der Waals surface area contributed by atoms with Gasteiger partial charge in [0.25, 0.3) is 0 Å². The molecule has 114 valence electrons. The predicted molar refractivity (Wildman–Crippen MR) is 79.7 cm³/mol. The van der Waals surface area contributed by atoms with Gasteiger partial charge >= 0.3 is 0 Å². The van der Waals surface area contributed by atoms with Gasteiger partial charge in [0.2, 0.25) is 11.8 Å². The molecular formula is C15H19ClN2O3. The fraction of sp³-hybridized carbons (Fsp3) is 0.467. The van der Waals surface area contributed by atoms with Crippen LogP contribution in [0.3, 0.4) is 0 Å². The van der Waals surface area contributed by atoms with Crippen LogP contribution in [-0.2, 0) is 16.1 Å². The smallest absolute Gasteiger partial charge is 0.245 e. The summed E-state index contributed by atoms with van der Waals surface area (Å²) in [6, 6.07) is 6.80. The monoisotopic (exact) mass is 310 g/mol. The number of amides is 2. The average Bonchev–Trinajstić information content (AvgIpc) is 2.47. The molecule has 1 saturated heterocycles. The summed E-state index contributed by atoms with van der Waals surface area (Å²) in [4.78, 5) is 27.6. The number of rotatable bonds is 5. The van der Waals surface area contributed by atoms with Gasteiger partial charge in [-0.1, -0.05) is 29.8 Å². The van der Waals surface area contributed by atoms with E-state index in [4.69, 9.17) is 16.7 Å². The summed E-state index contributed by atoms with van der Waals surface area (Å²) in [5.74, 6) is -0.185. The third-order valence-corrected chi connectivity index (χ3v) is 4.03. The van der Waals surface area contributed by atoms with Crippen LogP contribution in [0.15, 0.2) is 24.3 Å². The largest absolute Gasteiger partial charge is 0.396 e. The second-order valence-corrected chi connectivity index (χ2v) is 5.53. The molecule has 1 aliphatic heterocycles. The highest BCUT2D eigenvalue weighted by Crippen LogP contribution is 2.20. The standard InChI is InChI=1S/C15H19ClN2O3/c1-11-15(21)17(9-12-5-2-3-6-13(12)16)10-14(20)18(11)7-4-8-19/h2-3,5-6,11,19H,4,7-10H2,1H3/t11-/m0/s1. The van der Waals surface area contributed by atoms with Crippen LogP contribution in [-0.4, -0.2) is 52.5 Å². The topological polar surface area (TPSA) is 60.9 Å². The molecule has 0 aliphatic carbocycles. The van der Waals surface area contributed by atoms with Crippen molar-refractivity contribution in [2.75, 3.05) is 19.7 Å². The lowest BCUT2D eigenvalue weighted by Gasteiger charge is -2.38. The summed E-state index contributed by atoms with van der Waals surface area (Å²) in [6.07, 6.45) is 0.480. The van der Waals surface area contributed by atoms with E-state index in [1.165, 1.54) is 9.80 Å². The van der Waals surface area contributed by atoms with Crippen LogP contribution in [0, 0.1) is 0 Å². The Labute approximate surface area is 129 Å². The normalized spacial score (nSPS) is 19.3. The van der Waals surface area contributed by atoms with E-state index in [1.54, 1.807) is 13.0 Å². The number of benzene rings is 1. The van der Waals surface area contributed by atoms with Gasteiger partial charge in [-0.2, -0.15) is 0 Å². The quantitative estimate of drug-likeness (QED) is 0.891. The number of nitrogens with zero attached hydrogens (tertiary/aromatic N) is 2. The van der Waals surface area contributed by atoms with Crippen LogP contribution >= 0.6 is 11.6 Å². The van der Waals surface area contributed by atoms with Crippen molar-refractivity contribution in [3.63, 3.8) is 0 Å². The molecule has 1 aromatic carbocycles. The molecule has 1 heterocycles. The molecule has 1 aromatic rings. The molecular weight excluding hydrogens is 292 g/mol. The molecule has 0 saturated carbocycles. The molecule has 5 nitrogen and oxygen atoms in total. The van der Waals surface area contributed by atoms with Crippen molar-refractivity contribution in [2.24, 2.45) is 0 Å². The van der Waals surface area contributed by atoms with Gasteiger partial charge in [0.1, 0.15) is 12.6 Å². The summed E-state index contributed by atoms with van der Waals surface area (Å²) < 4.78 is 0. The van der Waals surface area contributed by atoms with Gasteiger partial charge in [0, 0.05) is 24.7 Å². The third kappa shape index (κ3) is 3.54.